The monoisotopic (exact) mass is 216 g/mol. The first-order valence-corrected chi connectivity index (χ1v) is 5.27. The van der Waals surface area contributed by atoms with Crippen molar-refractivity contribution in [3.8, 4) is 0 Å². The van der Waals surface area contributed by atoms with Gasteiger partial charge < -0.3 is 0 Å². The van der Waals surface area contributed by atoms with Crippen LogP contribution in [0, 0.1) is 0 Å². The van der Waals surface area contributed by atoms with E-state index in [9.17, 15) is 0 Å². The zero-order valence-electron chi connectivity index (χ0n) is 5.64. The second-order valence-corrected chi connectivity index (χ2v) is 5.10. The highest BCUT2D eigenvalue weighted by atomic mass is 79.9. The maximum atomic E-state index is 3.47. The van der Waals surface area contributed by atoms with E-state index >= 15 is 0 Å². The van der Waals surface area contributed by atoms with Crippen LogP contribution in [0.15, 0.2) is 15.2 Å². The average Bonchev–Trinajstić information content (AvgIpc) is 2.10. The van der Waals surface area contributed by atoms with Crippen LogP contribution in [-0.4, -0.2) is 0 Å². The van der Waals surface area contributed by atoms with Gasteiger partial charge in [0.1, 0.15) is 0 Å². The van der Waals surface area contributed by atoms with Crippen molar-refractivity contribution in [3.63, 3.8) is 0 Å². The molecule has 1 aliphatic carbocycles. The lowest BCUT2D eigenvalue weighted by Gasteiger charge is -2.24. The minimum Gasteiger partial charge on any atom is -0.137 e. The fraction of sp³-hybridized carbons (Fsp3) is 0.500. The van der Waals surface area contributed by atoms with Gasteiger partial charge in [-0.05, 0) is 51.7 Å². The summed E-state index contributed by atoms with van der Waals surface area (Å²) in [7, 11) is 0. The topological polar surface area (TPSA) is 0 Å². The molecule has 1 aromatic rings. The van der Waals surface area contributed by atoms with Crippen LogP contribution in [0.25, 0.3) is 0 Å². The highest BCUT2D eigenvalue weighted by Crippen LogP contribution is 2.39. The van der Waals surface area contributed by atoms with E-state index < -0.39 is 0 Å². The van der Waals surface area contributed by atoms with E-state index in [-0.39, 0.29) is 0 Å². The van der Waals surface area contributed by atoms with E-state index in [1.54, 1.807) is 16.9 Å². The third-order valence-electron chi connectivity index (χ3n) is 2.16. The standard InChI is InChI=1S/C8H9BrS/c9-8-4-7(5-10-8)6-2-1-3-6/h4-6H,1-3H2. The van der Waals surface area contributed by atoms with Crippen molar-refractivity contribution < 1.29 is 0 Å². The normalized spacial score (nSPS) is 18.9. The Balaban J connectivity index is 2.17. The Morgan fingerprint density at radius 1 is 1.50 bits per heavy atom. The van der Waals surface area contributed by atoms with Crippen molar-refractivity contribution in [2.45, 2.75) is 25.2 Å². The summed E-state index contributed by atoms with van der Waals surface area (Å²) in [6.07, 6.45) is 4.24. The molecule has 0 atom stereocenters. The number of rotatable bonds is 1. The minimum absolute atomic E-state index is 0.891. The summed E-state index contributed by atoms with van der Waals surface area (Å²) in [5.74, 6) is 0.891. The minimum atomic E-state index is 0.891. The predicted molar refractivity (Wildman–Crippen MR) is 48.6 cm³/mol. The molecule has 1 saturated carbocycles. The van der Waals surface area contributed by atoms with Crippen LogP contribution in [0.2, 0.25) is 0 Å². The maximum absolute atomic E-state index is 3.47. The first-order chi connectivity index (χ1) is 4.86. The molecule has 1 heterocycles. The fourth-order valence-electron chi connectivity index (χ4n) is 1.28. The molecule has 0 aromatic carbocycles. The Bertz CT molecular complexity index is 225. The number of thiophene rings is 1. The molecule has 0 radical (unpaired) electrons. The van der Waals surface area contributed by atoms with E-state index in [1.807, 2.05) is 0 Å². The number of hydrogen-bond acceptors (Lipinski definition) is 1. The molecule has 2 heteroatoms. The number of halogens is 1. The largest absolute Gasteiger partial charge is 0.137 e. The third kappa shape index (κ3) is 1.15. The Morgan fingerprint density at radius 3 is 2.70 bits per heavy atom. The zero-order valence-corrected chi connectivity index (χ0v) is 8.04. The van der Waals surface area contributed by atoms with Crippen LogP contribution in [0.4, 0.5) is 0 Å². The summed E-state index contributed by atoms with van der Waals surface area (Å²) < 4.78 is 1.27. The van der Waals surface area contributed by atoms with Gasteiger partial charge >= 0.3 is 0 Å². The molecule has 1 aliphatic rings. The van der Waals surface area contributed by atoms with Crippen molar-refractivity contribution in [1.29, 1.82) is 0 Å². The molecular formula is C8H9BrS. The molecule has 10 heavy (non-hydrogen) atoms. The Hall–Kier alpha value is 0.180. The van der Waals surface area contributed by atoms with E-state index in [1.165, 1.54) is 23.0 Å². The highest BCUT2D eigenvalue weighted by molar-refractivity contribution is 9.11. The van der Waals surface area contributed by atoms with E-state index in [0.717, 1.165) is 5.92 Å². The van der Waals surface area contributed by atoms with Gasteiger partial charge in [-0.25, -0.2) is 0 Å². The molecule has 2 rings (SSSR count). The Kier molecular flexibility index (Phi) is 1.83. The predicted octanol–water partition coefficient (Wildman–Crippen LogP) is 3.78. The molecule has 0 unspecified atom stereocenters. The maximum Gasteiger partial charge on any atom is 0.0701 e. The van der Waals surface area contributed by atoms with Crippen LogP contribution >= 0.6 is 27.3 Å². The Labute approximate surface area is 73.4 Å². The van der Waals surface area contributed by atoms with Crippen LogP contribution in [0.3, 0.4) is 0 Å². The summed E-state index contributed by atoms with van der Waals surface area (Å²) in [5, 5.41) is 2.27. The van der Waals surface area contributed by atoms with Gasteiger partial charge in [0.05, 0.1) is 3.79 Å². The lowest BCUT2D eigenvalue weighted by atomic mass is 9.81. The van der Waals surface area contributed by atoms with Gasteiger partial charge in [-0.2, -0.15) is 0 Å². The molecule has 0 nitrogen and oxygen atoms in total. The van der Waals surface area contributed by atoms with Crippen molar-refractivity contribution in [1.82, 2.24) is 0 Å². The lowest BCUT2D eigenvalue weighted by molar-refractivity contribution is 0.420. The molecule has 0 bridgehead atoms. The van der Waals surface area contributed by atoms with Crippen LogP contribution < -0.4 is 0 Å². The molecular weight excluding hydrogens is 208 g/mol. The molecule has 0 N–H and O–H groups in total. The summed E-state index contributed by atoms with van der Waals surface area (Å²) in [5.41, 5.74) is 1.54. The van der Waals surface area contributed by atoms with Crippen molar-refractivity contribution in [2.75, 3.05) is 0 Å². The summed E-state index contributed by atoms with van der Waals surface area (Å²) in [6, 6.07) is 2.26. The molecule has 0 saturated heterocycles. The third-order valence-corrected chi connectivity index (χ3v) is 3.69. The zero-order chi connectivity index (χ0) is 6.97. The van der Waals surface area contributed by atoms with Crippen molar-refractivity contribution in [3.05, 3.63) is 20.8 Å². The first-order valence-electron chi connectivity index (χ1n) is 3.60. The second-order valence-electron chi connectivity index (χ2n) is 2.81. The van der Waals surface area contributed by atoms with Gasteiger partial charge in [0, 0.05) is 0 Å². The molecule has 0 amide bonds. The van der Waals surface area contributed by atoms with Crippen molar-refractivity contribution in [2.24, 2.45) is 0 Å². The van der Waals surface area contributed by atoms with E-state index in [2.05, 4.69) is 27.4 Å². The SMILES string of the molecule is Brc1cc(C2CCC2)cs1. The smallest absolute Gasteiger partial charge is 0.0701 e. The van der Waals surface area contributed by atoms with Crippen LogP contribution in [0.5, 0.6) is 0 Å². The summed E-state index contributed by atoms with van der Waals surface area (Å²) >= 11 is 5.27. The quantitative estimate of drug-likeness (QED) is 0.671. The number of hydrogen-bond donors (Lipinski definition) is 0. The molecule has 1 fully saturated rings. The molecule has 1 aromatic heterocycles. The van der Waals surface area contributed by atoms with Gasteiger partial charge in [-0.15, -0.1) is 11.3 Å². The fourth-order valence-corrected chi connectivity index (χ4v) is 2.54. The summed E-state index contributed by atoms with van der Waals surface area (Å²) in [4.78, 5) is 0. The van der Waals surface area contributed by atoms with Gasteiger partial charge in [-0.1, -0.05) is 6.42 Å². The lowest BCUT2D eigenvalue weighted by Crippen LogP contribution is -2.06. The molecule has 54 valence electrons. The van der Waals surface area contributed by atoms with E-state index in [0.29, 0.717) is 0 Å². The van der Waals surface area contributed by atoms with E-state index in [4.69, 9.17) is 0 Å². The van der Waals surface area contributed by atoms with Crippen LogP contribution in [-0.2, 0) is 0 Å². The molecule has 0 aliphatic heterocycles. The second kappa shape index (κ2) is 2.67. The van der Waals surface area contributed by atoms with Gasteiger partial charge in [0.25, 0.3) is 0 Å². The van der Waals surface area contributed by atoms with Crippen molar-refractivity contribution >= 4 is 27.3 Å². The Morgan fingerprint density at radius 2 is 2.30 bits per heavy atom. The molecule has 0 spiro atoms. The van der Waals surface area contributed by atoms with Gasteiger partial charge in [0.15, 0.2) is 0 Å². The van der Waals surface area contributed by atoms with Gasteiger partial charge in [-0.3, -0.25) is 0 Å². The van der Waals surface area contributed by atoms with Gasteiger partial charge in [0.2, 0.25) is 0 Å². The summed E-state index contributed by atoms with van der Waals surface area (Å²) in [6.45, 7) is 0. The first kappa shape index (κ1) is 6.86. The highest BCUT2D eigenvalue weighted by Gasteiger charge is 2.19. The van der Waals surface area contributed by atoms with Crippen LogP contribution in [0.1, 0.15) is 30.7 Å². The average molecular weight is 217 g/mol.